The molecule has 2 aromatic rings. The molecule has 0 aromatic heterocycles. The fourth-order valence-electron chi connectivity index (χ4n) is 1.66. The van der Waals surface area contributed by atoms with Gasteiger partial charge in [-0.1, -0.05) is 40.9 Å². The second-order valence-corrected chi connectivity index (χ2v) is 5.16. The highest BCUT2D eigenvalue weighted by molar-refractivity contribution is 6.42. The van der Waals surface area contributed by atoms with Crippen molar-refractivity contribution < 1.29 is 4.74 Å². The molecule has 0 amide bonds. The Morgan fingerprint density at radius 2 is 1.84 bits per heavy atom. The van der Waals surface area contributed by atoms with Gasteiger partial charge in [0.1, 0.15) is 16.5 Å². The van der Waals surface area contributed by atoms with Crippen LogP contribution in [0.1, 0.15) is 5.56 Å². The van der Waals surface area contributed by atoms with Gasteiger partial charge >= 0.3 is 0 Å². The highest BCUT2D eigenvalue weighted by Gasteiger charge is 2.10. The third-order valence-electron chi connectivity index (χ3n) is 2.53. The summed E-state index contributed by atoms with van der Waals surface area (Å²) in [5, 5.41) is 4.59. The summed E-state index contributed by atoms with van der Waals surface area (Å²) in [6, 6.07) is 10.7. The summed E-state index contributed by atoms with van der Waals surface area (Å²) in [5.41, 5.74) is 0.950. The number of halogens is 3. The quantitative estimate of drug-likeness (QED) is 0.841. The van der Waals surface area contributed by atoms with Gasteiger partial charge in [-0.15, -0.1) is 0 Å². The number of ether oxygens (including phenoxy) is 1. The number of hydrogen-bond acceptors (Lipinski definition) is 2. The maximum absolute atomic E-state index is 6.11. The molecule has 19 heavy (non-hydrogen) atoms. The summed E-state index contributed by atoms with van der Waals surface area (Å²) in [7, 11) is 1.86. The third kappa shape index (κ3) is 3.54. The first-order valence-electron chi connectivity index (χ1n) is 5.66. The molecule has 0 fully saturated rings. The average Bonchev–Trinajstić information content (AvgIpc) is 2.38. The SMILES string of the molecule is CNCc1cc(Cl)ccc1Oc1cccc(Cl)c1Cl. The van der Waals surface area contributed by atoms with Crippen molar-refractivity contribution in [2.24, 2.45) is 0 Å². The molecule has 0 radical (unpaired) electrons. The maximum Gasteiger partial charge on any atom is 0.147 e. The normalized spacial score (nSPS) is 10.5. The van der Waals surface area contributed by atoms with Crippen molar-refractivity contribution in [3.63, 3.8) is 0 Å². The van der Waals surface area contributed by atoms with E-state index in [0.717, 1.165) is 5.56 Å². The van der Waals surface area contributed by atoms with Crippen molar-refractivity contribution in [1.29, 1.82) is 0 Å². The predicted molar refractivity (Wildman–Crippen MR) is 80.8 cm³/mol. The first kappa shape index (κ1) is 14.5. The number of rotatable bonds is 4. The predicted octanol–water partition coefficient (Wildman–Crippen LogP) is 5.16. The van der Waals surface area contributed by atoms with E-state index in [0.29, 0.717) is 33.1 Å². The number of hydrogen-bond donors (Lipinski definition) is 1. The zero-order valence-corrected chi connectivity index (χ0v) is 12.5. The van der Waals surface area contributed by atoms with E-state index in [1.807, 2.05) is 19.2 Å². The van der Waals surface area contributed by atoms with Gasteiger partial charge in [0.05, 0.1) is 5.02 Å². The highest BCUT2D eigenvalue weighted by Crippen LogP contribution is 2.36. The zero-order chi connectivity index (χ0) is 13.8. The summed E-state index contributed by atoms with van der Waals surface area (Å²) in [5.74, 6) is 1.22. The number of benzene rings is 2. The molecule has 2 nitrogen and oxygen atoms in total. The molecule has 0 atom stereocenters. The third-order valence-corrected chi connectivity index (χ3v) is 3.56. The van der Waals surface area contributed by atoms with Gasteiger partial charge in [-0.2, -0.15) is 0 Å². The van der Waals surface area contributed by atoms with Gasteiger partial charge in [-0.05, 0) is 37.4 Å². The van der Waals surface area contributed by atoms with Crippen molar-refractivity contribution in [2.45, 2.75) is 6.54 Å². The largest absolute Gasteiger partial charge is 0.455 e. The Morgan fingerprint density at radius 1 is 1.05 bits per heavy atom. The molecule has 100 valence electrons. The highest BCUT2D eigenvalue weighted by atomic mass is 35.5. The van der Waals surface area contributed by atoms with E-state index in [-0.39, 0.29) is 0 Å². The Morgan fingerprint density at radius 3 is 2.58 bits per heavy atom. The van der Waals surface area contributed by atoms with Crippen LogP contribution in [-0.2, 0) is 6.54 Å². The van der Waals surface area contributed by atoms with Crippen LogP contribution in [-0.4, -0.2) is 7.05 Å². The van der Waals surface area contributed by atoms with Crippen LogP contribution in [0.4, 0.5) is 0 Å². The molecule has 0 bridgehead atoms. The van der Waals surface area contributed by atoms with Crippen LogP contribution in [0.2, 0.25) is 15.1 Å². The van der Waals surface area contributed by atoms with Gasteiger partial charge in [-0.25, -0.2) is 0 Å². The zero-order valence-electron chi connectivity index (χ0n) is 10.2. The summed E-state index contributed by atoms with van der Waals surface area (Å²) in [4.78, 5) is 0. The molecular weight excluding hydrogens is 305 g/mol. The first-order chi connectivity index (χ1) is 9.11. The van der Waals surface area contributed by atoms with Crippen LogP contribution >= 0.6 is 34.8 Å². The molecule has 2 rings (SSSR count). The van der Waals surface area contributed by atoms with Crippen molar-refractivity contribution in [3.05, 3.63) is 57.0 Å². The minimum atomic E-state index is 0.398. The number of nitrogens with one attached hydrogen (secondary N) is 1. The Labute approximate surface area is 127 Å². The fraction of sp³-hybridized carbons (Fsp3) is 0.143. The van der Waals surface area contributed by atoms with Gasteiger partial charge in [-0.3, -0.25) is 0 Å². The summed E-state index contributed by atoms with van der Waals surface area (Å²) in [6.45, 7) is 0.647. The van der Waals surface area contributed by atoms with Gasteiger partial charge in [0.2, 0.25) is 0 Å². The van der Waals surface area contributed by atoms with Crippen LogP contribution in [0, 0.1) is 0 Å². The van der Waals surface area contributed by atoms with Crippen LogP contribution in [0.15, 0.2) is 36.4 Å². The van der Waals surface area contributed by atoms with Crippen LogP contribution in [0.3, 0.4) is 0 Å². The summed E-state index contributed by atoms with van der Waals surface area (Å²) in [6.07, 6.45) is 0. The average molecular weight is 317 g/mol. The summed E-state index contributed by atoms with van der Waals surface area (Å²) >= 11 is 18.0. The minimum Gasteiger partial charge on any atom is -0.455 e. The van der Waals surface area contributed by atoms with E-state index in [9.17, 15) is 0 Å². The first-order valence-corrected chi connectivity index (χ1v) is 6.80. The second-order valence-electron chi connectivity index (χ2n) is 3.94. The minimum absolute atomic E-state index is 0.398. The van der Waals surface area contributed by atoms with Crippen molar-refractivity contribution >= 4 is 34.8 Å². The van der Waals surface area contributed by atoms with Gasteiger partial charge in [0, 0.05) is 17.1 Å². The van der Waals surface area contributed by atoms with E-state index in [1.54, 1.807) is 24.3 Å². The van der Waals surface area contributed by atoms with E-state index in [4.69, 9.17) is 39.5 Å². The van der Waals surface area contributed by atoms with Crippen LogP contribution < -0.4 is 10.1 Å². The fourth-order valence-corrected chi connectivity index (χ4v) is 2.18. The molecule has 0 aliphatic heterocycles. The summed E-state index contributed by atoms with van der Waals surface area (Å²) < 4.78 is 5.81. The molecule has 1 N–H and O–H groups in total. The smallest absolute Gasteiger partial charge is 0.147 e. The van der Waals surface area contributed by atoms with Crippen LogP contribution in [0.5, 0.6) is 11.5 Å². The lowest BCUT2D eigenvalue weighted by Gasteiger charge is -2.13. The topological polar surface area (TPSA) is 21.3 Å². The molecule has 0 saturated carbocycles. The van der Waals surface area contributed by atoms with E-state index in [1.165, 1.54) is 0 Å². The molecule has 0 spiro atoms. The molecule has 0 aliphatic rings. The second kappa shape index (κ2) is 6.49. The lowest BCUT2D eigenvalue weighted by atomic mass is 10.2. The van der Waals surface area contributed by atoms with Gasteiger partial charge in [0.15, 0.2) is 0 Å². The van der Waals surface area contributed by atoms with E-state index < -0.39 is 0 Å². The standard InChI is InChI=1S/C14H12Cl3NO/c1-18-8-9-7-10(15)5-6-12(9)19-13-4-2-3-11(16)14(13)17/h2-7,18H,8H2,1H3. The Kier molecular flexibility index (Phi) is 4.94. The molecule has 0 heterocycles. The molecule has 0 aliphatic carbocycles. The molecule has 0 saturated heterocycles. The molecular formula is C14H12Cl3NO. The Hall–Kier alpha value is -0.930. The van der Waals surface area contributed by atoms with Crippen molar-refractivity contribution in [1.82, 2.24) is 5.32 Å². The van der Waals surface area contributed by atoms with E-state index >= 15 is 0 Å². The lowest BCUT2D eigenvalue weighted by molar-refractivity contribution is 0.474. The van der Waals surface area contributed by atoms with Gasteiger partial charge in [0.25, 0.3) is 0 Å². The maximum atomic E-state index is 6.11. The Bertz CT molecular complexity index is 587. The molecule has 0 unspecified atom stereocenters. The van der Waals surface area contributed by atoms with E-state index in [2.05, 4.69) is 5.32 Å². The Balaban J connectivity index is 2.35. The van der Waals surface area contributed by atoms with Gasteiger partial charge < -0.3 is 10.1 Å². The van der Waals surface area contributed by atoms with Crippen molar-refractivity contribution in [2.75, 3.05) is 7.05 Å². The molecule has 5 heteroatoms. The van der Waals surface area contributed by atoms with Crippen LogP contribution in [0.25, 0.3) is 0 Å². The lowest BCUT2D eigenvalue weighted by Crippen LogP contribution is -2.06. The monoisotopic (exact) mass is 315 g/mol. The molecule has 2 aromatic carbocycles. The van der Waals surface area contributed by atoms with Crippen molar-refractivity contribution in [3.8, 4) is 11.5 Å².